The summed E-state index contributed by atoms with van der Waals surface area (Å²) in [6, 6.07) is 13.9. The second-order valence-electron chi connectivity index (χ2n) is 5.72. The first kappa shape index (κ1) is 16.5. The third kappa shape index (κ3) is 4.11. The van der Waals surface area contributed by atoms with Gasteiger partial charge in [0.05, 0.1) is 10.2 Å². The summed E-state index contributed by atoms with van der Waals surface area (Å²) >= 11 is 1.47. The standard InChI is InChI=1S/C19H20N2O2S/c1-3-4-14-6-8-15(9-7-14)23-12-18(22)21-19-20-16-10-5-13(2)11-17(16)24-19/h5-11H,3-4,12H2,1-2H3,(H,20,21,22). The maximum Gasteiger partial charge on any atom is 0.264 e. The van der Waals surface area contributed by atoms with E-state index in [1.54, 1.807) is 0 Å². The number of aromatic nitrogens is 1. The van der Waals surface area contributed by atoms with Crippen LogP contribution < -0.4 is 10.1 Å². The Morgan fingerprint density at radius 3 is 2.75 bits per heavy atom. The molecule has 4 nitrogen and oxygen atoms in total. The summed E-state index contributed by atoms with van der Waals surface area (Å²) in [7, 11) is 0. The Morgan fingerprint density at radius 1 is 1.21 bits per heavy atom. The van der Waals surface area contributed by atoms with Gasteiger partial charge in [0.15, 0.2) is 11.7 Å². The molecule has 3 rings (SSSR count). The van der Waals surface area contributed by atoms with Crippen LogP contribution in [0.2, 0.25) is 0 Å². The molecule has 1 aromatic heterocycles. The monoisotopic (exact) mass is 340 g/mol. The first-order valence-corrected chi connectivity index (χ1v) is 8.84. The van der Waals surface area contributed by atoms with Crippen molar-refractivity contribution in [3.8, 4) is 5.75 Å². The maximum absolute atomic E-state index is 12.0. The average Bonchev–Trinajstić information content (AvgIpc) is 2.95. The van der Waals surface area contributed by atoms with Crippen LogP contribution in [0.15, 0.2) is 42.5 Å². The van der Waals surface area contributed by atoms with Crippen LogP contribution in [0.25, 0.3) is 10.2 Å². The van der Waals surface area contributed by atoms with Gasteiger partial charge in [0, 0.05) is 0 Å². The van der Waals surface area contributed by atoms with Crippen molar-refractivity contribution in [3.63, 3.8) is 0 Å². The summed E-state index contributed by atoms with van der Waals surface area (Å²) in [4.78, 5) is 16.4. The third-order valence-corrected chi connectivity index (χ3v) is 4.56. The van der Waals surface area contributed by atoms with Crippen molar-refractivity contribution in [1.29, 1.82) is 0 Å². The molecule has 0 bridgehead atoms. The topological polar surface area (TPSA) is 51.2 Å². The van der Waals surface area contributed by atoms with Crippen molar-refractivity contribution in [1.82, 2.24) is 4.98 Å². The van der Waals surface area contributed by atoms with E-state index in [9.17, 15) is 4.79 Å². The molecule has 1 N–H and O–H groups in total. The van der Waals surface area contributed by atoms with Gasteiger partial charge in [-0.15, -0.1) is 0 Å². The van der Waals surface area contributed by atoms with Crippen molar-refractivity contribution in [2.75, 3.05) is 11.9 Å². The van der Waals surface area contributed by atoms with E-state index in [1.807, 2.05) is 43.3 Å². The summed E-state index contributed by atoms with van der Waals surface area (Å²) in [5.41, 5.74) is 3.35. The second-order valence-corrected chi connectivity index (χ2v) is 6.75. The molecule has 2 aromatic carbocycles. The zero-order chi connectivity index (χ0) is 16.9. The Morgan fingerprint density at radius 2 is 2.00 bits per heavy atom. The number of aryl methyl sites for hydroxylation is 2. The highest BCUT2D eigenvalue weighted by Gasteiger charge is 2.08. The smallest absolute Gasteiger partial charge is 0.264 e. The van der Waals surface area contributed by atoms with Crippen LogP contribution in [0.5, 0.6) is 5.75 Å². The van der Waals surface area contributed by atoms with E-state index in [0.717, 1.165) is 23.1 Å². The fraction of sp³-hybridized carbons (Fsp3) is 0.263. The van der Waals surface area contributed by atoms with Gasteiger partial charge in [-0.1, -0.05) is 42.9 Å². The van der Waals surface area contributed by atoms with Crippen molar-refractivity contribution < 1.29 is 9.53 Å². The number of anilines is 1. The number of nitrogens with zero attached hydrogens (tertiary/aromatic N) is 1. The molecule has 1 amide bonds. The molecule has 0 atom stereocenters. The molecule has 0 saturated heterocycles. The predicted octanol–water partition coefficient (Wildman–Crippen LogP) is 4.57. The molecule has 0 aliphatic rings. The van der Waals surface area contributed by atoms with Gasteiger partial charge in [-0.2, -0.15) is 0 Å². The number of benzene rings is 2. The lowest BCUT2D eigenvalue weighted by Crippen LogP contribution is -2.19. The van der Waals surface area contributed by atoms with Gasteiger partial charge in [-0.05, 0) is 48.7 Å². The molecule has 0 aliphatic heterocycles. The second kappa shape index (κ2) is 7.45. The molecule has 0 unspecified atom stereocenters. The van der Waals surface area contributed by atoms with Gasteiger partial charge in [0.1, 0.15) is 5.75 Å². The number of amides is 1. The van der Waals surface area contributed by atoms with Gasteiger partial charge in [-0.25, -0.2) is 4.98 Å². The molecular weight excluding hydrogens is 320 g/mol. The molecular formula is C19H20N2O2S. The van der Waals surface area contributed by atoms with E-state index in [2.05, 4.69) is 23.3 Å². The molecule has 0 aliphatic carbocycles. The number of nitrogens with one attached hydrogen (secondary N) is 1. The molecule has 0 fully saturated rings. The number of rotatable bonds is 6. The van der Waals surface area contributed by atoms with Gasteiger partial charge in [-0.3, -0.25) is 10.1 Å². The van der Waals surface area contributed by atoms with Crippen LogP contribution in [-0.2, 0) is 11.2 Å². The highest BCUT2D eigenvalue weighted by molar-refractivity contribution is 7.22. The predicted molar refractivity (Wildman–Crippen MR) is 98.9 cm³/mol. The Bertz CT molecular complexity index is 840. The van der Waals surface area contributed by atoms with Crippen LogP contribution in [0.4, 0.5) is 5.13 Å². The zero-order valence-electron chi connectivity index (χ0n) is 13.8. The van der Waals surface area contributed by atoms with Gasteiger partial charge >= 0.3 is 0 Å². The molecule has 0 spiro atoms. The maximum atomic E-state index is 12.0. The summed E-state index contributed by atoms with van der Waals surface area (Å²) in [5, 5.41) is 3.40. The lowest BCUT2D eigenvalue weighted by atomic mass is 10.1. The molecule has 24 heavy (non-hydrogen) atoms. The molecule has 3 aromatic rings. The molecule has 1 heterocycles. The number of ether oxygens (including phenoxy) is 1. The van der Waals surface area contributed by atoms with E-state index in [0.29, 0.717) is 10.9 Å². The SMILES string of the molecule is CCCc1ccc(OCC(=O)Nc2nc3ccc(C)cc3s2)cc1. The molecule has 5 heteroatoms. The number of thiazole rings is 1. The van der Waals surface area contributed by atoms with Gasteiger partial charge in [0.2, 0.25) is 0 Å². The van der Waals surface area contributed by atoms with E-state index < -0.39 is 0 Å². The number of hydrogen-bond donors (Lipinski definition) is 1. The van der Waals surface area contributed by atoms with E-state index in [1.165, 1.54) is 22.5 Å². The Kier molecular flexibility index (Phi) is 5.11. The van der Waals surface area contributed by atoms with E-state index >= 15 is 0 Å². The van der Waals surface area contributed by atoms with Gasteiger partial charge < -0.3 is 4.74 Å². The molecule has 0 radical (unpaired) electrons. The number of carbonyl (C=O) groups excluding carboxylic acids is 1. The Labute approximate surface area is 145 Å². The van der Waals surface area contributed by atoms with Gasteiger partial charge in [0.25, 0.3) is 5.91 Å². The van der Waals surface area contributed by atoms with Crippen LogP contribution in [0.1, 0.15) is 24.5 Å². The summed E-state index contributed by atoms with van der Waals surface area (Å²) < 4.78 is 6.60. The van der Waals surface area contributed by atoms with Crippen molar-refractivity contribution >= 4 is 32.6 Å². The highest BCUT2D eigenvalue weighted by Crippen LogP contribution is 2.26. The van der Waals surface area contributed by atoms with Crippen molar-refractivity contribution in [3.05, 3.63) is 53.6 Å². The molecule has 0 saturated carbocycles. The lowest BCUT2D eigenvalue weighted by molar-refractivity contribution is -0.118. The van der Waals surface area contributed by atoms with Crippen LogP contribution >= 0.6 is 11.3 Å². The summed E-state index contributed by atoms with van der Waals surface area (Å²) in [6.45, 7) is 4.16. The van der Waals surface area contributed by atoms with E-state index in [4.69, 9.17) is 4.74 Å². The molecule has 124 valence electrons. The summed E-state index contributed by atoms with van der Waals surface area (Å²) in [6.07, 6.45) is 2.17. The first-order chi connectivity index (χ1) is 11.6. The minimum absolute atomic E-state index is 0.0257. The minimum Gasteiger partial charge on any atom is -0.484 e. The lowest BCUT2D eigenvalue weighted by Gasteiger charge is -2.06. The fourth-order valence-electron chi connectivity index (χ4n) is 2.43. The number of carbonyl (C=O) groups is 1. The minimum atomic E-state index is -0.205. The van der Waals surface area contributed by atoms with Crippen molar-refractivity contribution in [2.45, 2.75) is 26.7 Å². The normalized spacial score (nSPS) is 10.8. The van der Waals surface area contributed by atoms with Crippen LogP contribution in [0, 0.1) is 6.92 Å². The number of fused-ring (bicyclic) bond motifs is 1. The van der Waals surface area contributed by atoms with Crippen molar-refractivity contribution in [2.24, 2.45) is 0 Å². The summed E-state index contributed by atoms with van der Waals surface area (Å²) in [5.74, 6) is 0.494. The van der Waals surface area contributed by atoms with Crippen LogP contribution in [0.3, 0.4) is 0 Å². The Balaban J connectivity index is 1.56. The van der Waals surface area contributed by atoms with Crippen LogP contribution in [-0.4, -0.2) is 17.5 Å². The number of hydrogen-bond acceptors (Lipinski definition) is 4. The average molecular weight is 340 g/mol. The highest BCUT2D eigenvalue weighted by atomic mass is 32.1. The van der Waals surface area contributed by atoms with E-state index in [-0.39, 0.29) is 12.5 Å². The largest absolute Gasteiger partial charge is 0.484 e. The first-order valence-electron chi connectivity index (χ1n) is 8.03. The zero-order valence-corrected chi connectivity index (χ0v) is 14.7. The quantitative estimate of drug-likeness (QED) is 0.715. The fourth-order valence-corrected chi connectivity index (χ4v) is 3.41. The third-order valence-electron chi connectivity index (χ3n) is 3.62. The Hall–Kier alpha value is -2.40.